The first kappa shape index (κ1) is 14.0. The summed E-state index contributed by atoms with van der Waals surface area (Å²) in [5.74, 6) is -2.01. The lowest BCUT2D eigenvalue weighted by Gasteiger charge is -2.03. The first-order valence-corrected chi connectivity index (χ1v) is 5.70. The average molecular weight is 281 g/mol. The second-order valence-electron chi connectivity index (χ2n) is 4.28. The summed E-state index contributed by atoms with van der Waals surface area (Å²) in [7, 11) is 0. The van der Waals surface area contributed by atoms with Gasteiger partial charge in [-0.05, 0) is 24.6 Å². The number of carbonyl (C=O) groups is 2. The monoisotopic (exact) mass is 281 g/mol. The molecule has 2 aromatic rings. The minimum absolute atomic E-state index is 0.135. The van der Waals surface area contributed by atoms with Crippen molar-refractivity contribution in [1.29, 1.82) is 0 Å². The second-order valence-corrected chi connectivity index (χ2v) is 4.28. The van der Waals surface area contributed by atoms with Crippen LogP contribution in [0.4, 0.5) is 13.2 Å². The molecule has 1 N–H and O–H groups in total. The molecule has 0 fully saturated rings. The van der Waals surface area contributed by atoms with Crippen LogP contribution < -0.4 is 0 Å². The summed E-state index contributed by atoms with van der Waals surface area (Å²) in [6.45, 7) is 1.39. The van der Waals surface area contributed by atoms with Gasteiger partial charge in [-0.25, -0.2) is 0 Å². The van der Waals surface area contributed by atoms with E-state index in [1.165, 1.54) is 19.1 Å². The van der Waals surface area contributed by atoms with Crippen LogP contribution in [0.3, 0.4) is 0 Å². The van der Waals surface area contributed by atoms with Crippen LogP contribution in [-0.4, -0.2) is 22.7 Å². The van der Waals surface area contributed by atoms with E-state index in [-0.39, 0.29) is 11.2 Å². The normalized spacial score (nSPS) is 12.2. The van der Waals surface area contributed by atoms with Crippen LogP contribution >= 0.6 is 0 Å². The molecule has 0 aliphatic heterocycles. The molecule has 0 spiro atoms. The van der Waals surface area contributed by atoms with Crippen molar-refractivity contribution in [1.82, 2.24) is 4.98 Å². The number of ketones is 2. The molecule has 6 heteroatoms. The van der Waals surface area contributed by atoms with E-state index in [1.54, 1.807) is 18.2 Å². The van der Waals surface area contributed by atoms with Gasteiger partial charge in [0.2, 0.25) is 0 Å². The Morgan fingerprint density at radius 1 is 1.25 bits per heavy atom. The molecule has 1 aromatic carbocycles. The molecular weight excluding hydrogens is 271 g/mol. The van der Waals surface area contributed by atoms with Crippen molar-refractivity contribution in [3.05, 3.63) is 41.6 Å². The highest BCUT2D eigenvalue weighted by molar-refractivity contribution is 6.10. The molecule has 0 atom stereocenters. The van der Waals surface area contributed by atoms with Crippen molar-refractivity contribution in [2.24, 2.45) is 0 Å². The average Bonchev–Trinajstić information content (AvgIpc) is 2.77. The first-order chi connectivity index (χ1) is 9.29. The van der Waals surface area contributed by atoms with Crippen LogP contribution in [0.15, 0.2) is 30.5 Å². The van der Waals surface area contributed by atoms with Gasteiger partial charge in [0.25, 0.3) is 5.78 Å². The van der Waals surface area contributed by atoms with Gasteiger partial charge in [0, 0.05) is 17.1 Å². The molecule has 0 bridgehead atoms. The Balaban J connectivity index is 2.44. The molecule has 0 saturated carbocycles. The largest absolute Gasteiger partial charge is 0.454 e. The molecule has 1 aromatic heterocycles. The van der Waals surface area contributed by atoms with Gasteiger partial charge in [-0.3, -0.25) is 9.59 Å². The van der Waals surface area contributed by atoms with Gasteiger partial charge in [0.15, 0.2) is 5.78 Å². The summed E-state index contributed by atoms with van der Waals surface area (Å²) in [6.07, 6.45) is -0.957. The summed E-state index contributed by atoms with van der Waals surface area (Å²) < 4.78 is 37.3. The summed E-state index contributed by atoms with van der Waals surface area (Å²) in [4.78, 5) is 24.7. The number of fused-ring (bicyclic) bond motifs is 1. The number of benzene rings is 1. The molecule has 3 nitrogen and oxygen atoms in total. The number of H-pyrrole nitrogens is 1. The zero-order chi connectivity index (χ0) is 14.9. The third kappa shape index (κ3) is 2.79. The highest BCUT2D eigenvalue weighted by Crippen LogP contribution is 2.27. The minimum atomic E-state index is -4.90. The number of halogens is 3. The van der Waals surface area contributed by atoms with E-state index in [4.69, 9.17) is 0 Å². The number of aromatic amines is 1. The molecule has 0 aliphatic rings. The summed E-state index contributed by atoms with van der Waals surface area (Å²) in [6, 6.07) is 4.54. The predicted molar refractivity (Wildman–Crippen MR) is 68.4 cm³/mol. The van der Waals surface area contributed by atoms with Gasteiger partial charge < -0.3 is 4.98 Å². The van der Waals surface area contributed by atoms with Gasteiger partial charge in [-0.15, -0.1) is 0 Å². The lowest BCUT2D eigenvalue weighted by atomic mass is 10.1. The maximum atomic E-state index is 12.4. The molecule has 0 saturated heterocycles. The Morgan fingerprint density at radius 3 is 2.55 bits per heavy atom. The van der Waals surface area contributed by atoms with Crippen molar-refractivity contribution in [3.8, 4) is 0 Å². The van der Waals surface area contributed by atoms with E-state index in [2.05, 4.69) is 4.98 Å². The van der Waals surface area contributed by atoms with Crippen molar-refractivity contribution in [2.75, 3.05) is 0 Å². The Bertz CT molecular complexity index is 711. The van der Waals surface area contributed by atoms with Crippen LogP contribution in [-0.2, 0) is 4.79 Å². The van der Waals surface area contributed by atoms with Crippen molar-refractivity contribution >= 4 is 28.5 Å². The van der Waals surface area contributed by atoms with Gasteiger partial charge >= 0.3 is 6.18 Å². The fourth-order valence-electron chi connectivity index (χ4n) is 1.80. The van der Waals surface area contributed by atoms with E-state index in [0.717, 1.165) is 6.20 Å². The molecule has 1 heterocycles. The molecule has 0 unspecified atom stereocenters. The molecule has 20 heavy (non-hydrogen) atoms. The summed E-state index contributed by atoms with van der Waals surface area (Å²) in [5, 5.41) is 0.201. The lowest BCUT2D eigenvalue weighted by Crippen LogP contribution is -2.22. The molecule has 0 amide bonds. The van der Waals surface area contributed by atoms with Gasteiger partial charge in [0.05, 0.1) is 5.56 Å². The number of alkyl halides is 3. The van der Waals surface area contributed by atoms with E-state index in [0.29, 0.717) is 11.1 Å². The van der Waals surface area contributed by atoms with E-state index >= 15 is 0 Å². The van der Waals surface area contributed by atoms with Crippen LogP contribution in [0.25, 0.3) is 17.0 Å². The second kappa shape index (κ2) is 4.96. The van der Waals surface area contributed by atoms with Crippen LogP contribution in [0.1, 0.15) is 22.8 Å². The number of allylic oxidation sites excluding steroid dienone is 1. The third-order valence-electron chi connectivity index (χ3n) is 2.72. The van der Waals surface area contributed by atoms with Crippen LogP contribution in [0.5, 0.6) is 0 Å². The third-order valence-corrected chi connectivity index (χ3v) is 2.72. The summed E-state index contributed by atoms with van der Waals surface area (Å²) in [5.41, 5.74) is 0.651. The van der Waals surface area contributed by atoms with Crippen molar-refractivity contribution in [3.63, 3.8) is 0 Å². The quantitative estimate of drug-likeness (QED) is 0.691. The number of carbonyl (C=O) groups excluding carboxylic acids is 2. The molecule has 0 aliphatic carbocycles. The van der Waals surface area contributed by atoms with Gasteiger partial charge in [-0.2, -0.15) is 13.2 Å². The highest BCUT2D eigenvalue weighted by atomic mass is 19.4. The maximum Gasteiger partial charge on any atom is 0.454 e. The van der Waals surface area contributed by atoms with E-state index < -0.39 is 17.5 Å². The summed E-state index contributed by atoms with van der Waals surface area (Å²) >= 11 is 0. The van der Waals surface area contributed by atoms with Crippen LogP contribution in [0.2, 0.25) is 0 Å². The van der Waals surface area contributed by atoms with Crippen molar-refractivity contribution in [2.45, 2.75) is 13.1 Å². The zero-order valence-electron chi connectivity index (χ0n) is 10.4. The minimum Gasteiger partial charge on any atom is -0.360 e. The van der Waals surface area contributed by atoms with Crippen LogP contribution in [0, 0.1) is 0 Å². The zero-order valence-corrected chi connectivity index (χ0v) is 10.4. The lowest BCUT2D eigenvalue weighted by molar-refractivity contribution is -0.112. The van der Waals surface area contributed by atoms with Gasteiger partial charge in [0.1, 0.15) is 0 Å². The first-order valence-electron chi connectivity index (χ1n) is 5.70. The molecular formula is C14H10F3NO2. The number of aromatic nitrogens is 1. The Labute approximate surface area is 112 Å². The number of rotatable bonds is 3. The smallest absolute Gasteiger partial charge is 0.360 e. The predicted octanol–water partition coefficient (Wildman–Crippen LogP) is 3.52. The van der Waals surface area contributed by atoms with Gasteiger partial charge in [-0.1, -0.05) is 18.2 Å². The number of Topliss-reactive ketones (excluding diaryl/α,β-unsaturated/α-hetero) is 1. The molecule has 0 radical (unpaired) electrons. The molecule has 2 rings (SSSR count). The maximum absolute atomic E-state index is 12.4. The SMILES string of the molecule is CC(=O)/C=C/c1ccc2c(C(=O)C(F)(F)F)c[nH]c2c1. The van der Waals surface area contributed by atoms with E-state index in [9.17, 15) is 22.8 Å². The topological polar surface area (TPSA) is 49.9 Å². The Kier molecular flexibility index (Phi) is 3.48. The standard InChI is InChI=1S/C14H10F3NO2/c1-8(19)2-3-9-4-5-10-11(7-18-12(10)6-9)13(20)14(15,16)17/h2-7,18H,1H3/b3-2+. The fourth-order valence-corrected chi connectivity index (χ4v) is 1.80. The highest BCUT2D eigenvalue weighted by Gasteiger charge is 2.40. The Hall–Kier alpha value is -2.37. The van der Waals surface area contributed by atoms with Crippen molar-refractivity contribution < 1.29 is 22.8 Å². The number of hydrogen-bond donors (Lipinski definition) is 1. The fraction of sp³-hybridized carbons (Fsp3) is 0.143. The number of hydrogen-bond acceptors (Lipinski definition) is 2. The van der Waals surface area contributed by atoms with E-state index in [1.807, 2.05) is 0 Å². The number of nitrogens with one attached hydrogen (secondary N) is 1. The molecule has 104 valence electrons. The Morgan fingerprint density at radius 2 is 1.95 bits per heavy atom.